The molecule has 3 aromatic heterocycles. The Morgan fingerprint density at radius 2 is 1.79 bits per heavy atom. The van der Waals surface area contributed by atoms with Crippen molar-refractivity contribution in [3.63, 3.8) is 0 Å². The van der Waals surface area contributed by atoms with Crippen LogP contribution in [0, 0.1) is 0 Å². The largest absolute Gasteiger partial charge is 0.444 e. The average molecular weight is 628 g/mol. The molecule has 0 aliphatic carbocycles. The maximum Gasteiger partial charge on any atom is 0.410 e. The number of thiazole rings is 1. The van der Waals surface area contributed by atoms with Crippen molar-refractivity contribution >= 4 is 45.8 Å². The van der Waals surface area contributed by atoms with Gasteiger partial charge in [0.2, 0.25) is 5.91 Å². The number of hydrogen-bond acceptors (Lipinski definition) is 9. The lowest BCUT2D eigenvalue weighted by atomic mass is 10.0. The van der Waals surface area contributed by atoms with Gasteiger partial charge < -0.3 is 24.6 Å². The highest BCUT2D eigenvalue weighted by molar-refractivity contribution is 7.18. The van der Waals surface area contributed by atoms with Gasteiger partial charge in [0.15, 0.2) is 0 Å². The molecular formula is C31H41N5O5S2. The number of ether oxygens (including phenoxy) is 2. The zero-order chi connectivity index (χ0) is 31.5. The minimum Gasteiger partial charge on any atom is -0.444 e. The Labute approximate surface area is 261 Å². The molecule has 1 N–H and O–H groups in total. The van der Waals surface area contributed by atoms with Crippen molar-refractivity contribution < 1.29 is 23.9 Å². The number of nitrogens with zero attached hydrogens (tertiary/aromatic N) is 4. The molecule has 4 heterocycles. The summed E-state index contributed by atoms with van der Waals surface area (Å²) >= 11 is 2.94. The molecular weight excluding hydrogens is 587 g/mol. The Bertz CT molecular complexity index is 1450. The molecule has 0 saturated heterocycles. The van der Waals surface area contributed by atoms with Crippen molar-refractivity contribution in [2.45, 2.75) is 92.0 Å². The summed E-state index contributed by atoms with van der Waals surface area (Å²) < 4.78 is 11.2. The summed E-state index contributed by atoms with van der Waals surface area (Å²) in [6, 6.07) is 5.56. The third kappa shape index (κ3) is 8.54. The predicted octanol–water partition coefficient (Wildman–Crippen LogP) is 7.20. The summed E-state index contributed by atoms with van der Waals surface area (Å²) in [5.41, 5.74) is 2.24. The Hall–Kier alpha value is -3.51. The van der Waals surface area contributed by atoms with E-state index >= 15 is 0 Å². The fraction of sp³-hybridized carbons (Fsp3) is 0.516. The Kier molecular flexibility index (Phi) is 9.80. The first-order valence-electron chi connectivity index (χ1n) is 14.4. The number of carbonyl (C=O) groups excluding carboxylic acids is 3. The number of thiophene rings is 1. The van der Waals surface area contributed by atoms with E-state index in [2.05, 4.69) is 10.3 Å². The van der Waals surface area contributed by atoms with E-state index in [4.69, 9.17) is 14.5 Å². The highest BCUT2D eigenvalue weighted by atomic mass is 32.1. The van der Waals surface area contributed by atoms with Crippen molar-refractivity contribution in [1.29, 1.82) is 0 Å². The molecule has 0 radical (unpaired) electrons. The number of anilines is 1. The molecule has 0 unspecified atom stereocenters. The van der Waals surface area contributed by atoms with Crippen LogP contribution in [-0.2, 0) is 27.2 Å². The van der Waals surface area contributed by atoms with Crippen molar-refractivity contribution in [2.75, 3.05) is 18.4 Å². The van der Waals surface area contributed by atoms with E-state index < -0.39 is 17.3 Å². The number of fused-ring (bicyclic) bond motifs is 1. The standard InChI is InChI=1S/C31H41N5O5S2/c1-19(2)36(29(39)41-31(6,7)8)16-13-24(37)34-27-25(26-33-22(18-42-26)21-11-9-10-14-32-21)20-12-15-35(17-23(20)43-27)28(38)40-30(3,4)5/h9-11,14,18-19H,12-13,15-17H2,1-8H3,(H,34,37). The first-order chi connectivity index (χ1) is 20.1. The fourth-order valence-electron chi connectivity index (χ4n) is 4.51. The summed E-state index contributed by atoms with van der Waals surface area (Å²) in [5.74, 6) is -0.223. The molecule has 0 spiro atoms. The molecule has 0 aromatic carbocycles. The van der Waals surface area contributed by atoms with Gasteiger partial charge in [0.05, 0.1) is 12.2 Å². The molecule has 0 bridgehead atoms. The van der Waals surface area contributed by atoms with Gasteiger partial charge in [0.1, 0.15) is 26.9 Å². The maximum absolute atomic E-state index is 13.3. The summed E-state index contributed by atoms with van der Waals surface area (Å²) in [6.45, 7) is 15.9. The molecule has 12 heteroatoms. The smallest absolute Gasteiger partial charge is 0.410 e. The van der Waals surface area contributed by atoms with Crippen molar-refractivity contribution in [3.8, 4) is 22.0 Å². The van der Waals surface area contributed by atoms with E-state index in [-0.39, 0.29) is 31.0 Å². The van der Waals surface area contributed by atoms with Gasteiger partial charge in [0.25, 0.3) is 0 Å². The van der Waals surface area contributed by atoms with Gasteiger partial charge in [-0.2, -0.15) is 0 Å². The van der Waals surface area contributed by atoms with Gasteiger partial charge in [-0.1, -0.05) is 6.07 Å². The number of nitrogens with one attached hydrogen (secondary N) is 1. The van der Waals surface area contributed by atoms with E-state index in [0.29, 0.717) is 24.5 Å². The van der Waals surface area contributed by atoms with E-state index in [1.165, 1.54) is 22.7 Å². The molecule has 0 saturated carbocycles. The van der Waals surface area contributed by atoms with Crippen LogP contribution < -0.4 is 5.32 Å². The molecule has 1 aliphatic heterocycles. The summed E-state index contributed by atoms with van der Waals surface area (Å²) in [4.78, 5) is 52.5. The van der Waals surface area contributed by atoms with Crippen molar-refractivity contribution in [3.05, 3.63) is 40.2 Å². The highest BCUT2D eigenvalue weighted by Crippen LogP contribution is 2.45. The first kappa shape index (κ1) is 32.4. The summed E-state index contributed by atoms with van der Waals surface area (Å²) in [5, 5.41) is 6.51. The molecule has 43 heavy (non-hydrogen) atoms. The molecule has 3 aromatic rings. The minimum absolute atomic E-state index is 0.0977. The van der Waals surface area contributed by atoms with Gasteiger partial charge in [-0.15, -0.1) is 22.7 Å². The average Bonchev–Trinajstić information content (AvgIpc) is 3.51. The number of aromatic nitrogens is 2. The van der Waals surface area contributed by atoms with E-state index in [9.17, 15) is 14.4 Å². The monoisotopic (exact) mass is 627 g/mol. The number of carbonyl (C=O) groups is 3. The lowest BCUT2D eigenvalue weighted by Crippen LogP contribution is -2.42. The van der Waals surface area contributed by atoms with Crippen molar-refractivity contribution in [1.82, 2.24) is 19.8 Å². The summed E-state index contributed by atoms with van der Waals surface area (Å²) in [7, 11) is 0. The second kappa shape index (κ2) is 13.0. The topological polar surface area (TPSA) is 114 Å². The van der Waals surface area contributed by atoms with Crippen LogP contribution in [0.4, 0.5) is 14.6 Å². The molecule has 10 nitrogen and oxygen atoms in total. The molecule has 1 aliphatic rings. The van der Waals surface area contributed by atoms with Crippen LogP contribution >= 0.6 is 22.7 Å². The van der Waals surface area contributed by atoms with Crippen LogP contribution in [0.1, 0.15) is 72.3 Å². The van der Waals surface area contributed by atoms with E-state index in [0.717, 1.165) is 32.4 Å². The van der Waals surface area contributed by atoms with Crippen molar-refractivity contribution in [2.24, 2.45) is 0 Å². The lowest BCUT2D eigenvalue weighted by molar-refractivity contribution is -0.116. The lowest BCUT2D eigenvalue weighted by Gasteiger charge is -2.30. The number of amides is 3. The number of rotatable bonds is 7. The van der Waals surface area contributed by atoms with E-state index in [1.807, 2.05) is 79.0 Å². The molecule has 3 amide bonds. The quantitative estimate of drug-likeness (QED) is 0.295. The van der Waals surface area contributed by atoms with Gasteiger partial charge >= 0.3 is 12.2 Å². The third-order valence-corrected chi connectivity index (χ3v) is 8.43. The predicted molar refractivity (Wildman–Crippen MR) is 170 cm³/mol. The molecule has 4 rings (SSSR count). The Balaban J connectivity index is 1.59. The van der Waals surface area contributed by atoms with Gasteiger partial charge in [0, 0.05) is 47.6 Å². The van der Waals surface area contributed by atoms with Crippen LogP contribution in [-0.4, -0.2) is 68.2 Å². The van der Waals surface area contributed by atoms with Gasteiger partial charge in [-0.05, 0) is 79.5 Å². The third-order valence-electron chi connectivity index (χ3n) is 6.44. The Morgan fingerprint density at radius 1 is 1.07 bits per heavy atom. The second-order valence-corrected chi connectivity index (χ2v) is 14.6. The summed E-state index contributed by atoms with van der Waals surface area (Å²) in [6.07, 6.45) is 1.63. The van der Waals surface area contributed by atoms with Crippen LogP contribution in [0.15, 0.2) is 29.8 Å². The van der Waals surface area contributed by atoms with E-state index in [1.54, 1.807) is 16.0 Å². The van der Waals surface area contributed by atoms with Crippen LogP contribution in [0.5, 0.6) is 0 Å². The van der Waals surface area contributed by atoms with Gasteiger partial charge in [-0.3, -0.25) is 9.78 Å². The van der Waals surface area contributed by atoms with Gasteiger partial charge in [-0.25, -0.2) is 14.6 Å². The Morgan fingerprint density at radius 3 is 2.42 bits per heavy atom. The maximum atomic E-state index is 13.3. The highest BCUT2D eigenvalue weighted by Gasteiger charge is 2.32. The first-order valence-corrected chi connectivity index (χ1v) is 16.1. The zero-order valence-corrected chi connectivity index (χ0v) is 27.8. The molecule has 232 valence electrons. The zero-order valence-electron chi connectivity index (χ0n) is 26.1. The SMILES string of the molecule is CC(C)N(CCC(=O)Nc1sc2c(c1-c1nc(-c3ccccn3)cs1)CCN(C(=O)OC(C)(C)C)C2)C(=O)OC(C)(C)C. The number of pyridine rings is 1. The minimum atomic E-state index is -0.632. The number of hydrogen-bond donors (Lipinski definition) is 1. The van der Waals surface area contributed by atoms with Crippen LogP contribution in [0.3, 0.4) is 0 Å². The van der Waals surface area contributed by atoms with Crippen LogP contribution in [0.25, 0.3) is 22.0 Å². The normalized spacial score (nSPS) is 13.5. The fourth-order valence-corrected chi connectivity index (χ4v) is 6.75. The van der Waals surface area contributed by atoms with Crippen LogP contribution in [0.2, 0.25) is 0 Å². The molecule has 0 atom stereocenters. The second-order valence-electron chi connectivity index (χ2n) is 12.7. The molecule has 0 fully saturated rings.